The summed E-state index contributed by atoms with van der Waals surface area (Å²) < 4.78 is 27.1. The first-order valence-electron chi connectivity index (χ1n) is 10.5. The van der Waals surface area contributed by atoms with Crippen LogP contribution in [0.5, 0.6) is 28.7 Å². The van der Waals surface area contributed by atoms with Gasteiger partial charge in [0.05, 0.1) is 42.0 Å². The standard InChI is InChI=1S/C24H32N2O6/c1-28-19-8-6-17(14-21(19)30-3)15-22(27)26-12-10-25(11-13-26)16-18-7-9-20(29-2)24(32-5)23(18)31-4/h6-9,14H,10-13,15-16H2,1-5H3. The Morgan fingerprint density at radius 1 is 0.750 bits per heavy atom. The summed E-state index contributed by atoms with van der Waals surface area (Å²) in [7, 11) is 8.03. The lowest BCUT2D eigenvalue weighted by Crippen LogP contribution is -2.48. The topological polar surface area (TPSA) is 69.7 Å². The molecule has 1 heterocycles. The fraction of sp³-hybridized carbons (Fsp3) is 0.458. The summed E-state index contributed by atoms with van der Waals surface area (Å²) in [5.74, 6) is 3.31. The molecule has 2 aromatic carbocycles. The van der Waals surface area contributed by atoms with Crippen LogP contribution in [0.2, 0.25) is 0 Å². The fourth-order valence-corrected chi connectivity index (χ4v) is 3.96. The van der Waals surface area contributed by atoms with Crippen LogP contribution in [0.3, 0.4) is 0 Å². The average molecular weight is 445 g/mol. The van der Waals surface area contributed by atoms with Gasteiger partial charge in [0.25, 0.3) is 0 Å². The molecular formula is C24H32N2O6. The Morgan fingerprint density at radius 3 is 1.97 bits per heavy atom. The SMILES string of the molecule is COc1ccc(CC(=O)N2CCN(Cc3ccc(OC)c(OC)c3OC)CC2)cc1OC. The highest BCUT2D eigenvalue weighted by Crippen LogP contribution is 2.40. The summed E-state index contributed by atoms with van der Waals surface area (Å²) in [6.07, 6.45) is 0.337. The van der Waals surface area contributed by atoms with Crippen molar-refractivity contribution in [3.63, 3.8) is 0 Å². The van der Waals surface area contributed by atoms with Gasteiger partial charge in [0.2, 0.25) is 11.7 Å². The van der Waals surface area contributed by atoms with Gasteiger partial charge < -0.3 is 28.6 Å². The minimum Gasteiger partial charge on any atom is -0.493 e. The summed E-state index contributed by atoms with van der Waals surface area (Å²) in [5.41, 5.74) is 1.93. The molecule has 1 fully saturated rings. The lowest BCUT2D eigenvalue weighted by atomic mass is 10.1. The summed E-state index contributed by atoms with van der Waals surface area (Å²) >= 11 is 0. The van der Waals surface area contributed by atoms with Crippen LogP contribution in [0.15, 0.2) is 30.3 Å². The number of carbonyl (C=O) groups excluding carboxylic acids is 1. The molecule has 1 amide bonds. The van der Waals surface area contributed by atoms with Crippen molar-refractivity contribution in [1.29, 1.82) is 0 Å². The van der Waals surface area contributed by atoms with Gasteiger partial charge in [-0.15, -0.1) is 0 Å². The maximum Gasteiger partial charge on any atom is 0.227 e. The summed E-state index contributed by atoms with van der Waals surface area (Å²) in [6, 6.07) is 9.47. The second-order valence-corrected chi connectivity index (χ2v) is 7.52. The quantitative estimate of drug-likeness (QED) is 0.589. The van der Waals surface area contributed by atoms with E-state index in [2.05, 4.69) is 4.90 Å². The predicted molar refractivity (Wildman–Crippen MR) is 121 cm³/mol. The molecule has 0 spiro atoms. The largest absolute Gasteiger partial charge is 0.493 e. The molecule has 0 unspecified atom stereocenters. The molecule has 0 atom stereocenters. The average Bonchev–Trinajstić information content (AvgIpc) is 2.83. The van der Waals surface area contributed by atoms with Crippen LogP contribution >= 0.6 is 0 Å². The highest BCUT2D eigenvalue weighted by Gasteiger charge is 2.24. The van der Waals surface area contributed by atoms with Gasteiger partial charge in [0.15, 0.2) is 23.0 Å². The highest BCUT2D eigenvalue weighted by molar-refractivity contribution is 5.79. The van der Waals surface area contributed by atoms with Crippen LogP contribution < -0.4 is 23.7 Å². The zero-order valence-corrected chi connectivity index (χ0v) is 19.5. The van der Waals surface area contributed by atoms with E-state index in [4.69, 9.17) is 23.7 Å². The molecule has 0 bridgehead atoms. The number of amides is 1. The number of benzene rings is 2. The van der Waals surface area contributed by atoms with E-state index in [0.29, 0.717) is 54.8 Å². The zero-order valence-electron chi connectivity index (χ0n) is 19.5. The molecule has 3 rings (SSSR count). The molecule has 2 aromatic rings. The van der Waals surface area contributed by atoms with E-state index in [0.717, 1.165) is 24.2 Å². The van der Waals surface area contributed by atoms with Crippen LogP contribution in [0.4, 0.5) is 0 Å². The van der Waals surface area contributed by atoms with Crippen molar-refractivity contribution in [3.05, 3.63) is 41.5 Å². The molecule has 32 heavy (non-hydrogen) atoms. The number of piperazine rings is 1. The van der Waals surface area contributed by atoms with Gasteiger partial charge in [-0.3, -0.25) is 9.69 Å². The van der Waals surface area contributed by atoms with Crippen molar-refractivity contribution in [2.45, 2.75) is 13.0 Å². The van der Waals surface area contributed by atoms with E-state index in [1.165, 1.54) is 0 Å². The monoisotopic (exact) mass is 444 g/mol. The van der Waals surface area contributed by atoms with Gasteiger partial charge in [0.1, 0.15) is 0 Å². The van der Waals surface area contributed by atoms with E-state index in [9.17, 15) is 4.79 Å². The molecule has 0 aromatic heterocycles. The Kier molecular flexibility index (Phi) is 8.05. The van der Waals surface area contributed by atoms with Crippen LogP contribution in [-0.4, -0.2) is 77.4 Å². The van der Waals surface area contributed by atoms with Crippen LogP contribution in [0.25, 0.3) is 0 Å². The number of nitrogens with zero attached hydrogens (tertiary/aromatic N) is 2. The smallest absolute Gasteiger partial charge is 0.227 e. The van der Waals surface area contributed by atoms with Gasteiger partial charge in [-0.1, -0.05) is 12.1 Å². The lowest BCUT2D eigenvalue weighted by Gasteiger charge is -2.35. The molecule has 174 valence electrons. The maximum atomic E-state index is 12.8. The van der Waals surface area contributed by atoms with Crippen molar-refractivity contribution in [2.75, 3.05) is 61.7 Å². The van der Waals surface area contributed by atoms with Crippen molar-refractivity contribution in [1.82, 2.24) is 9.80 Å². The van der Waals surface area contributed by atoms with E-state index < -0.39 is 0 Å². The van der Waals surface area contributed by atoms with E-state index in [-0.39, 0.29) is 5.91 Å². The molecule has 8 nitrogen and oxygen atoms in total. The number of hydrogen-bond acceptors (Lipinski definition) is 7. The third-order valence-electron chi connectivity index (χ3n) is 5.71. The summed E-state index contributed by atoms with van der Waals surface area (Å²) in [6.45, 7) is 3.65. The van der Waals surface area contributed by atoms with Gasteiger partial charge in [-0.2, -0.15) is 0 Å². The first-order valence-corrected chi connectivity index (χ1v) is 10.5. The lowest BCUT2D eigenvalue weighted by molar-refractivity contribution is -0.132. The summed E-state index contributed by atoms with van der Waals surface area (Å²) in [5, 5.41) is 0. The molecule has 0 N–H and O–H groups in total. The number of hydrogen-bond donors (Lipinski definition) is 0. The molecule has 1 aliphatic heterocycles. The number of methoxy groups -OCH3 is 5. The highest BCUT2D eigenvalue weighted by atomic mass is 16.5. The number of rotatable bonds is 9. The van der Waals surface area contributed by atoms with Crippen molar-refractivity contribution >= 4 is 5.91 Å². The van der Waals surface area contributed by atoms with Crippen molar-refractivity contribution in [2.24, 2.45) is 0 Å². The maximum absolute atomic E-state index is 12.8. The van der Waals surface area contributed by atoms with Crippen molar-refractivity contribution in [3.8, 4) is 28.7 Å². The Bertz CT molecular complexity index is 925. The Balaban J connectivity index is 1.59. The number of carbonyl (C=O) groups is 1. The fourth-order valence-electron chi connectivity index (χ4n) is 3.96. The molecular weight excluding hydrogens is 412 g/mol. The number of ether oxygens (including phenoxy) is 5. The van der Waals surface area contributed by atoms with E-state index >= 15 is 0 Å². The van der Waals surface area contributed by atoms with Gasteiger partial charge >= 0.3 is 0 Å². The van der Waals surface area contributed by atoms with Crippen LogP contribution in [0, 0.1) is 0 Å². The molecule has 1 saturated heterocycles. The Hall–Kier alpha value is -3.13. The molecule has 8 heteroatoms. The predicted octanol–water partition coefficient (Wildman–Crippen LogP) is 2.62. The zero-order chi connectivity index (χ0) is 23.1. The first-order chi connectivity index (χ1) is 15.5. The minimum atomic E-state index is 0.112. The minimum absolute atomic E-state index is 0.112. The van der Waals surface area contributed by atoms with Gasteiger partial charge in [0, 0.05) is 38.3 Å². The molecule has 0 saturated carbocycles. The second kappa shape index (κ2) is 10.9. The molecule has 0 radical (unpaired) electrons. The van der Waals surface area contributed by atoms with Crippen LogP contribution in [-0.2, 0) is 17.8 Å². The van der Waals surface area contributed by atoms with Crippen LogP contribution in [0.1, 0.15) is 11.1 Å². The van der Waals surface area contributed by atoms with Crippen molar-refractivity contribution < 1.29 is 28.5 Å². The van der Waals surface area contributed by atoms with Gasteiger partial charge in [-0.25, -0.2) is 0 Å². The third kappa shape index (κ3) is 5.19. The third-order valence-corrected chi connectivity index (χ3v) is 5.71. The van der Waals surface area contributed by atoms with E-state index in [1.807, 2.05) is 35.2 Å². The van der Waals surface area contributed by atoms with E-state index in [1.54, 1.807) is 35.5 Å². The molecule has 0 aliphatic carbocycles. The molecule has 1 aliphatic rings. The Labute approximate surface area is 189 Å². The second-order valence-electron chi connectivity index (χ2n) is 7.52. The Morgan fingerprint density at radius 2 is 1.38 bits per heavy atom. The summed E-state index contributed by atoms with van der Waals surface area (Å²) in [4.78, 5) is 17.1. The first kappa shape index (κ1) is 23.5. The normalized spacial score (nSPS) is 14.1. The van der Waals surface area contributed by atoms with Gasteiger partial charge in [-0.05, 0) is 23.8 Å².